The van der Waals surface area contributed by atoms with Gasteiger partial charge in [-0.2, -0.15) is 0 Å². The molecule has 2 aromatic carbocycles. The molecule has 1 aliphatic rings. The molecule has 4 nitrogen and oxygen atoms in total. The van der Waals surface area contributed by atoms with Crippen LogP contribution in [0.3, 0.4) is 0 Å². The predicted octanol–water partition coefficient (Wildman–Crippen LogP) is 3.60. The number of halogens is 4. The number of carbonyl (C=O) groups is 1. The summed E-state index contributed by atoms with van der Waals surface area (Å²) in [6.45, 7) is 1.33. The van der Waals surface area contributed by atoms with Crippen LogP contribution in [0, 0.1) is 23.3 Å². The average molecular weight is 353 g/mol. The van der Waals surface area contributed by atoms with E-state index in [0.29, 0.717) is 18.8 Å². The maximum Gasteiger partial charge on any atom is 0.322 e. The SMILES string of the molecule is O=C(Nc1c(F)cccc1F)N1CCN(c2ccc(F)c(F)c2)CC1. The molecule has 3 rings (SSSR count). The van der Waals surface area contributed by atoms with Gasteiger partial charge in [-0.05, 0) is 24.3 Å². The molecule has 2 aromatic rings. The molecule has 1 heterocycles. The van der Waals surface area contributed by atoms with Crippen LogP contribution in [0.1, 0.15) is 0 Å². The molecule has 25 heavy (non-hydrogen) atoms. The Labute approximate surface area is 141 Å². The molecule has 8 heteroatoms. The summed E-state index contributed by atoms with van der Waals surface area (Å²) in [6.07, 6.45) is 0. The minimum atomic E-state index is -0.937. The van der Waals surface area contributed by atoms with E-state index in [1.807, 2.05) is 0 Å². The average Bonchev–Trinajstić information content (AvgIpc) is 2.61. The fourth-order valence-corrected chi connectivity index (χ4v) is 2.65. The number of carbonyl (C=O) groups excluding carboxylic acids is 1. The Bertz CT molecular complexity index is 771. The fraction of sp³-hybridized carbons (Fsp3) is 0.235. The van der Waals surface area contributed by atoms with Crippen molar-refractivity contribution in [2.24, 2.45) is 0 Å². The second-order valence-electron chi connectivity index (χ2n) is 5.60. The van der Waals surface area contributed by atoms with E-state index in [0.717, 1.165) is 24.3 Å². The van der Waals surface area contributed by atoms with E-state index in [9.17, 15) is 22.4 Å². The molecular formula is C17H15F4N3O. The van der Waals surface area contributed by atoms with Crippen molar-refractivity contribution in [2.75, 3.05) is 36.4 Å². The lowest BCUT2D eigenvalue weighted by Crippen LogP contribution is -2.50. The number of urea groups is 1. The van der Waals surface area contributed by atoms with Crippen LogP contribution in [-0.4, -0.2) is 37.1 Å². The number of nitrogens with zero attached hydrogens (tertiary/aromatic N) is 2. The first kappa shape index (κ1) is 17.1. The summed E-state index contributed by atoms with van der Waals surface area (Å²) >= 11 is 0. The van der Waals surface area contributed by atoms with Crippen LogP contribution in [0.4, 0.5) is 33.7 Å². The quantitative estimate of drug-likeness (QED) is 0.838. The molecule has 2 amide bonds. The Morgan fingerprint density at radius 2 is 1.48 bits per heavy atom. The second kappa shape index (κ2) is 7.00. The number of anilines is 2. The van der Waals surface area contributed by atoms with Crippen LogP contribution in [-0.2, 0) is 0 Å². The Morgan fingerprint density at radius 3 is 2.08 bits per heavy atom. The molecule has 0 spiro atoms. The Balaban J connectivity index is 1.62. The standard InChI is InChI=1S/C17H15F4N3O/c18-12-5-4-11(10-15(12)21)23-6-8-24(9-7-23)17(25)22-16-13(19)2-1-3-14(16)20/h1-5,10H,6-9H2,(H,22,25). The zero-order chi connectivity index (χ0) is 18.0. The number of rotatable bonds is 2. The zero-order valence-electron chi connectivity index (χ0n) is 13.1. The van der Waals surface area contributed by atoms with E-state index in [1.54, 1.807) is 4.90 Å². The van der Waals surface area contributed by atoms with Crippen LogP contribution in [0.25, 0.3) is 0 Å². The van der Waals surface area contributed by atoms with Crippen LogP contribution in [0.2, 0.25) is 0 Å². The van der Waals surface area contributed by atoms with Crippen molar-refractivity contribution < 1.29 is 22.4 Å². The highest BCUT2D eigenvalue weighted by atomic mass is 19.2. The number of nitrogens with one attached hydrogen (secondary N) is 1. The van der Waals surface area contributed by atoms with Gasteiger partial charge < -0.3 is 15.1 Å². The summed E-state index contributed by atoms with van der Waals surface area (Å²) in [5.41, 5.74) is 0.0228. The van der Waals surface area contributed by atoms with Gasteiger partial charge in [0.25, 0.3) is 0 Å². The van der Waals surface area contributed by atoms with Gasteiger partial charge in [0.2, 0.25) is 0 Å². The molecule has 0 aliphatic carbocycles. The van der Waals surface area contributed by atoms with Crippen molar-refractivity contribution in [3.8, 4) is 0 Å². The van der Waals surface area contributed by atoms with E-state index >= 15 is 0 Å². The molecular weight excluding hydrogens is 338 g/mol. The Kier molecular flexibility index (Phi) is 4.78. The van der Waals surface area contributed by atoms with Gasteiger partial charge in [0.1, 0.15) is 17.3 Å². The van der Waals surface area contributed by atoms with Crippen LogP contribution in [0.15, 0.2) is 36.4 Å². The normalized spacial score (nSPS) is 14.6. The topological polar surface area (TPSA) is 35.6 Å². The van der Waals surface area contributed by atoms with Crippen LogP contribution < -0.4 is 10.2 Å². The highest BCUT2D eigenvalue weighted by molar-refractivity contribution is 5.89. The van der Waals surface area contributed by atoms with Crippen LogP contribution in [0.5, 0.6) is 0 Å². The third kappa shape index (κ3) is 3.67. The number of amides is 2. The van der Waals surface area contributed by atoms with Gasteiger partial charge in [-0.1, -0.05) is 6.07 Å². The molecule has 0 aromatic heterocycles. The Hall–Kier alpha value is -2.77. The Morgan fingerprint density at radius 1 is 0.840 bits per heavy atom. The zero-order valence-corrected chi connectivity index (χ0v) is 13.1. The number of piperazine rings is 1. The van der Waals surface area contributed by atoms with E-state index < -0.39 is 35.0 Å². The van der Waals surface area contributed by atoms with Gasteiger partial charge in [-0.25, -0.2) is 22.4 Å². The fourth-order valence-electron chi connectivity index (χ4n) is 2.65. The van der Waals surface area contributed by atoms with Crippen molar-refractivity contribution in [2.45, 2.75) is 0 Å². The number of hydrogen-bond acceptors (Lipinski definition) is 2. The molecule has 1 N–H and O–H groups in total. The number of benzene rings is 2. The van der Waals surface area contributed by atoms with Crippen molar-refractivity contribution in [3.63, 3.8) is 0 Å². The van der Waals surface area contributed by atoms with E-state index in [2.05, 4.69) is 5.32 Å². The lowest BCUT2D eigenvalue weighted by Gasteiger charge is -2.36. The van der Waals surface area contributed by atoms with Crippen molar-refractivity contribution >= 4 is 17.4 Å². The first-order chi connectivity index (χ1) is 12.0. The maximum atomic E-state index is 13.6. The smallest absolute Gasteiger partial charge is 0.322 e. The molecule has 1 fully saturated rings. The lowest BCUT2D eigenvalue weighted by atomic mass is 10.2. The third-order valence-corrected chi connectivity index (χ3v) is 4.03. The van der Waals surface area contributed by atoms with Crippen molar-refractivity contribution in [1.29, 1.82) is 0 Å². The number of para-hydroxylation sites is 1. The molecule has 0 unspecified atom stereocenters. The monoisotopic (exact) mass is 353 g/mol. The molecule has 0 radical (unpaired) electrons. The van der Waals surface area contributed by atoms with Crippen molar-refractivity contribution in [1.82, 2.24) is 4.90 Å². The largest absolute Gasteiger partial charge is 0.368 e. The maximum absolute atomic E-state index is 13.6. The highest BCUT2D eigenvalue weighted by Crippen LogP contribution is 2.21. The van der Waals surface area contributed by atoms with Crippen LogP contribution >= 0.6 is 0 Å². The molecule has 0 atom stereocenters. The summed E-state index contributed by atoms with van der Waals surface area (Å²) in [5, 5.41) is 2.23. The highest BCUT2D eigenvalue weighted by Gasteiger charge is 2.23. The van der Waals surface area contributed by atoms with Gasteiger partial charge in [-0.3, -0.25) is 0 Å². The van der Waals surface area contributed by atoms with Gasteiger partial charge in [0.05, 0.1) is 0 Å². The predicted molar refractivity (Wildman–Crippen MR) is 85.5 cm³/mol. The van der Waals surface area contributed by atoms with Gasteiger partial charge in [-0.15, -0.1) is 0 Å². The molecule has 0 saturated carbocycles. The summed E-state index contributed by atoms with van der Waals surface area (Å²) in [7, 11) is 0. The lowest BCUT2D eigenvalue weighted by molar-refractivity contribution is 0.208. The van der Waals surface area contributed by atoms with Gasteiger partial charge in [0.15, 0.2) is 11.6 Å². The van der Waals surface area contributed by atoms with Gasteiger partial charge >= 0.3 is 6.03 Å². The minimum Gasteiger partial charge on any atom is -0.368 e. The van der Waals surface area contributed by atoms with Gasteiger partial charge in [0, 0.05) is 37.9 Å². The second-order valence-corrected chi connectivity index (χ2v) is 5.60. The molecule has 0 bridgehead atoms. The third-order valence-electron chi connectivity index (χ3n) is 4.03. The summed E-state index contributed by atoms with van der Waals surface area (Å²) in [4.78, 5) is 15.4. The summed E-state index contributed by atoms with van der Waals surface area (Å²) in [5.74, 6) is -3.57. The minimum absolute atomic E-state index is 0.279. The van der Waals surface area contributed by atoms with E-state index in [1.165, 1.54) is 17.0 Å². The first-order valence-electron chi connectivity index (χ1n) is 7.65. The summed E-state index contributed by atoms with van der Waals surface area (Å²) < 4.78 is 53.5. The molecule has 132 valence electrons. The number of hydrogen-bond donors (Lipinski definition) is 1. The first-order valence-corrected chi connectivity index (χ1v) is 7.65. The van der Waals surface area contributed by atoms with Crippen molar-refractivity contribution in [3.05, 3.63) is 59.7 Å². The molecule has 1 aliphatic heterocycles. The van der Waals surface area contributed by atoms with E-state index in [-0.39, 0.29) is 13.1 Å². The summed E-state index contributed by atoms with van der Waals surface area (Å²) in [6, 6.07) is 6.31. The molecule has 1 saturated heterocycles. The van der Waals surface area contributed by atoms with E-state index in [4.69, 9.17) is 0 Å².